The van der Waals surface area contributed by atoms with Gasteiger partial charge in [0, 0.05) is 11.2 Å². The monoisotopic (exact) mass is 297 g/mol. The first-order chi connectivity index (χ1) is 8.97. The standard InChI is InChI=1S/C12H9Cl2N3O2/c13-7-1-2-8(14)10(4-7)17-11-9(15)3-6(5-16-11)12(18)19/h1-5H,15H2,(H,16,17)(H,18,19). The van der Waals surface area contributed by atoms with Crippen LogP contribution in [0.3, 0.4) is 0 Å². The number of carboxylic acid groups (broad SMARTS) is 1. The van der Waals surface area contributed by atoms with Crippen LogP contribution in [0.25, 0.3) is 0 Å². The molecule has 0 bridgehead atoms. The van der Waals surface area contributed by atoms with Crippen molar-refractivity contribution in [1.82, 2.24) is 4.98 Å². The number of hydrogen-bond donors (Lipinski definition) is 3. The van der Waals surface area contributed by atoms with Gasteiger partial charge in [-0.25, -0.2) is 9.78 Å². The molecule has 0 radical (unpaired) electrons. The molecule has 1 aromatic carbocycles. The maximum Gasteiger partial charge on any atom is 0.337 e. The minimum absolute atomic E-state index is 0.0141. The molecule has 0 spiro atoms. The fraction of sp³-hybridized carbons (Fsp3) is 0. The van der Waals surface area contributed by atoms with Gasteiger partial charge < -0.3 is 16.2 Å². The summed E-state index contributed by atoms with van der Waals surface area (Å²) in [7, 11) is 0. The number of halogens is 2. The maximum absolute atomic E-state index is 10.8. The molecule has 0 aliphatic heterocycles. The van der Waals surface area contributed by atoms with Crippen molar-refractivity contribution in [3.63, 3.8) is 0 Å². The number of aromatic nitrogens is 1. The van der Waals surface area contributed by atoms with Crippen LogP contribution >= 0.6 is 23.2 Å². The number of aromatic carboxylic acids is 1. The fourth-order valence-corrected chi connectivity index (χ4v) is 1.76. The Labute approximate surface area is 119 Å². The number of nitrogens with two attached hydrogens (primary N) is 1. The predicted molar refractivity (Wildman–Crippen MR) is 75.4 cm³/mol. The largest absolute Gasteiger partial charge is 0.478 e. The summed E-state index contributed by atoms with van der Waals surface area (Å²) < 4.78 is 0. The lowest BCUT2D eigenvalue weighted by Gasteiger charge is -2.10. The molecule has 0 saturated carbocycles. The number of pyridine rings is 1. The van der Waals surface area contributed by atoms with E-state index in [1.54, 1.807) is 18.2 Å². The van der Waals surface area contributed by atoms with Crippen LogP contribution in [0.15, 0.2) is 30.5 Å². The van der Waals surface area contributed by atoms with Gasteiger partial charge in [0.1, 0.15) is 0 Å². The lowest BCUT2D eigenvalue weighted by molar-refractivity contribution is 0.0696. The van der Waals surface area contributed by atoms with Gasteiger partial charge in [-0.05, 0) is 24.3 Å². The number of anilines is 3. The highest BCUT2D eigenvalue weighted by molar-refractivity contribution is 6.35. The van der Waals surface area contributed by atoms with Crippen molar-refractivity contribution in [3.05, 3.63) is 46.1 Å². The SMILES string of the molecule is Nc1cc(C(=O)O)cnc1Nc1cc(Cl)ccc1Cl. The first-order valence-electron chi connectivity index (χ1n) is 5.18. The van der Waals surface area contributed by atoms with E-state index in [0.717, 1.165) is 0 Å². The Hall–Kier alpha value is -1.98. The third-order valence-electron chi connectivity index (χ3n) is 2.35. The molecule has 0 aliphatic carbocycles. The lowest BCUT2D eigenvalue weighted by Crippen LogP contribution is -2.04. The van der Waals surface area contributed by atoms with Gasteiger partial charge in [0.25, 0.3) is 0 Å². The van der Waals surface area contributed by atoms with E-state index in [4.69, 9.17) is 34.0 Å². The highest BCUT2D eigenvalue weighted by Gasteiger charge is 2.09. The van der Waals surface area contributed by atoms with Crippen LogP contribution in [-0.2, 0) is 0 Å². The van der Waals surface area contributed by atoms with Crippen molar-refractivity contribution < 1.29 is 9.90 Å². The van der Waals surface area contributed by atoms with E-state index in [1.807, 2.05) is 0 Å². The van der Waals surface area contributed by atoms with E-state index in [9.17, 15) is 4.79 Å². The third kappa shape index (κ3) is 3.07. The topological polar surface area (TPSA) is 88.2 Å². The summed E-state index contributed by atoms with van der Waals surface area (Å²) in [5.41, 5.74) is 6.49. The Morgan fingerprint density at radius 2 is 2.05 bits per heavy atom. The summed E-state index contributed by atoms with van der Waals surface area (Å²) in [6.45, 7) is 0. The van der Waals surface area contributed by atoms with Gasteiger partial charge in [0.2, 0.25) is 0 Å². The molecule has 2 rings (SSSR count). The molecule has 0 amide bonds. The van der Waals surface area contributed by atoms with E-state index in [1.165, 1.54) is 12.3 Å². The van der Waals surface area contributed by atoms with E-state index in [-0.39, 0.29) is 11.3 Å². The van der Waals surface area contributed by atoms with Crippen LogP contribution in [0.2, 0.25) is 10.0 Å². The first-order valence-corrected chi connectivity index (χ1v) is 5.94. The summed E-state index contributed by atoms with van der Waals surface area (Å²) in [5.74, 6) is -0.777. The quantitative estimate of drug-likeness (QED) is 0.808. The zero-order valence-electron chi connectivity index (χ0n) is 9.52. The van der Waals surface area contributed by atoms with Gasteiger partial charge in [-0.3, -0.25) is 0 Å². The van der Waals surface area contributed by atoms with Gasteiger partial charge in [-0.1, -0.05) is 23.2 Å². The van der Waals surface area contributed by atoms with Crippen molar-refractivity contribution in [2.24, 2.45) is 0 Å². The molecular formula is C12H9Cl2N3O2. The molecule has 0 atom stereocenters. The normalized spacial score (nSPS) is 10.2. The molecule has 5 nitrogen and oxygen atoms in total. The summed E-state index contributed by atoms with van der Waals surface area (Å²) >= 11 is 11.9. The number of benzene rings is 1. The number of carboxylic acids is 1. The molecule has 7 heteroatoms. The second-order valence-electron chi connectivity index (χ2n) is 3.72. The molecule has 0 aliphatic rings. The molecule has 2 aromatic rings. The number of nitrogens with zero attached hydrogens (tertiary/aromatic N) is 1. The maximum atomic E-state index is 10.8. The van der Waals surface area contributed by atoms with E-state index < -0.39 is 5.97 Å². The smallest absolute Gasteiger partial charge is 0.337 e. The van der Waals surface area contributed by atoms with Crippen molar-refractivity contribution in [2.45, 2.75) is 0 Å². The Balaban J connectivity index is 2.33. The average Bonchev–Trinajstić information content (AvgIpc) is 2.36. The van der Waals surface area contributed by atoms with Crippen LogP contribution < -0.4 is 11.1 Å². The highest BCUT2D eigenvalue weighted by Crippen LogP contribution is 2.29. The van der Waals surface area contributed by atoms with Gasteiger partial charge in [-0.2, -0.15) is 0 Å². The molecule has 98 valence electrons. The second-order valence-corrected chi connectivity index (χ2v) is 4.56. The number of carbonyl (C=O) groups is 1. The number of nitrogens with one attached hydrogen (secondary N) is 1. The highest BCUT2D eigenvalue weighted by atomic mass is 35.5. The fourth-order valence-electron chi connectivity index (χ4n) is 1.42. The molecule has 4 N–H and O–H groups in total. The molecule has 0 saturated heterocycles. The van der Waals surface area contributed by atoms with Gasteiger partial charge in [-0.15, -0.1) is 0 Å². The Bertz CT molecular complexity index is 647. The van der Waals surface area contributed by atoms with Crippen LogP contribution in [0.4, 0.5) is 17.2 Å². The summed E-state index contributed by atoms with van der Waals surface area (Å²) in [4.78, 5) is 14.7. The van der Waals surface area contributed by atoms with Crippen LogP contribution in [0.5, 0.6) is 0 Å². The van der Waals surface area contributed by atoms with Gasteiger partial charge >= 0.3 is 5.97 Å². The predicted octanol–water partition coefficient (Wildman–Crippen LogP) is 3.41. The number of rotatable bonds is 3. The average molecular weight is 298 g/mol. The Morgan fingerprint density at radius 3 is 2.68 bits per heavy atom. The molecular weight excluding hydrogens is 289 g/mol. The zero-order chi connectivity index (χ0) is 14.0. The van der Waals surface area contributed by atoms with Gasteiger partial charge in [0.15, 0.2) is 5.82 Å². The van der Waals surface area contributed by atoms with Crippen LogP contribution in [0, 0.1) is 0 Å². The first kappa shape index (κ1) is 13.5. The second kappa shape index (κ2) is 5.34. The number of nitrogen functional groups attached to an aromatic ring is 1. The minimum Gasteiger partial charge on any atom is -0.478 e. The zero-order valence-corrected chi connectivity index (χ0v) is 11.0. The lowest BCUT2D eigenvalue weighted by atomic mass is 10.2. The van der Waals surface area contributed by atoms with Crippen molar-refractivity contribution in [3.8, 4) is 0 Å². The Kier molecular flexibility index (Phi) is 3.78. The molecule has 1 heterocycles. The van der Waals surface area contributed by atoms with Crippen molar-refractivity contribution >= 4 is 46.4 Å². The van der Waals surface area contributed by atoms with Crippen molar-refractivity contribution in [1.29, 1.82) is 0 Å². The van der Waals surface area contributed by atoms with Crippen LogP contribution in [0.1, 0.15) is 10.4 Å². The van der Waals surface area contributed by atoms with Crippen molar-refractivity contribution in [2.75, 3.05) is 11.1 Å². The minimum atomic E-state index is -1.09. The summed E-state index contributed by atoms with van der Waals surface area (Å²) in [6, 6.07) is 6.22. The van der Waals surface area contributed by atoms with E-state index in [2.05, 4.69) is 10.3 Å². The molecule has 0 unspecified atom stereocenters. The summed E-state index contributed by atoms with van der Waals surface area (Å²) in [5, 5.41) is 12.7. The number of hydrogen-bond acceptors (Lipinski definition) is 4. The Morgan fingerprint density at radius 1 is 1.32 bits per heavy atom. The molecule has 1 aromatic heterocycles. The summed E-state index contributed by atoms with van der Waals surface area (Å²) in [6.07, 6.45) is 1.21. The van der Waals surface area contributed by atoms with E-state index in [0.29, 0.717) is 21.6 Å². The van der Waals surface area contributed by atoms with Crippen LogP contribution in [-0.4, -0.2) is 16.1 Å². The van der Waals surface area contributed by atoms with E-state index >= 15 is 0 Å². The molecule has 0 fully saturated rings. The molecule has 19 heavy (non-hydrogen) atoms. The van der Waals surface area contributed by atoms with Gasteiger partial charge in [0.05, 0.1) is 22.0 Å². The third-order valence-corrected chi connectivity index (χ3v) is 2.91.